The average Bonchev–Trinajstić information content (AvgIpc) is 2.62. The summed E-state index contributed by atoms with van der Waals surface area (Å²) >= 11 is 1.78. The summed E-state index contributed by atoms with van der Waals surface area (Å²) in [6.45, 7) is 4.27. The fourth-order valence-electron chi connectivity index (χ4n) is 1.92. The first-order valence-electron chi connectivity index (χ1n) is 4.93. The van der Waals surface area contributed by atoms with E-state index >= 15 is 0 Å². The Bertz CT molecular complexity index is 358. The second kappa shape index (κ2) is 3.39. The van der Waals surface area contributed by atoms with Crippen LogP contribution in [-0.4, -0.2) is 11.4 Å². The van der Waals surface area contributed by atoms with E-state index in [1.54, 1.807) is 11.3 Å². The molecule has 0 saturated carbocycles. The van der Waals surface area contributed by atoms with Gasteiger partial charge in [0.2, 0.25) is 5.91 Å². The van der Waals surface area contributed by atoms with E-state index in [0.29, 0.717) is 6.42 Å². The average molecular weight is 209 g/mol. The molecule has 0 aromatic carbocycles. The third-order valence-electron chi connectivity index (χ3n) is 2.86. The zero-order chi connectivity index (χ0) is 10.2. The highest BCUT2D eigenvalue weighted by Crippen LogP contribution is 2.28. The summed E-state index contributed by atoms with van der Waals surface area (Å²) in [5, 5.41) is 5.18. The van der Waals surface area contributed by atoms with Crippen LogP contribution in [0.4, 0.5) is 0 Å². The van der Waals surface area contributed by atoms with Gasteiger partial charge < -0.3 is 5.32 Å². The Labute approximate surface area is 88.3 Å². The summed E-state index contributed by atoms with van der Waals surface area (Å²) < 4.78 is 0. The SMILES string of the molecule is Cc1ccsc1CC1(C)CCC(=O)N1. The molecular formula is C11H15NOS. The van der Waals surface area contributed by atoms with Crippen molar-refractivity contribution in [1.29, 1.82) is 0 Å². The van der Waals surface area contributed by atoms with Crippen LogP contribution >= 0.6 is 11.3 Å². The Hall–Kier alpha value is -0.830. The van der Waals surface area contributed by atoms with E-state index in [9.17, 15) is 4.79 Å². The van der Waals surface area contributed by atoms with Gasteiger partial charge in [0, 0.05) is 23.3 Å². The number of rotatable bonds is 2. The number of carbonyl (C=O) groups is 1. The number of carbonyl (C=O) groups excluding carboxylic acids is 1. The predicted octanol–water partition coefficient (Wildman–Crippen LogP) is 2.27. The first-order chi connectivity index (χ1) is 6.59. The number of thiophene rings is 1. The summed E-state index contributed by atoms with van der Waals surface area (Å²) in [4.78, 5) is 12.6. The predicted molar refractivity (Wildman–Crippen MR) is 58.5 cm³/mol. The Morgan fingerprint density at radius 2 is 2.43 bits per heavy atom. The lowest BCUT2D eigenvalue weighted by molar-refractivity contribution is -0.119. The molecular weight excluding hydrogens is 194 g/mol. The van der Waals surface area contributed by atoms with E-state index in [1.165, 1.54) is 10.4 Å². The molecule has 2 rings (SSSR count). The minimum Gasteiger partial charge on any atom is -0.351 e. The lowest BCUT2D eigenvalue weighted by atomic mass is 9.94. The molecule has 3 heteroatoms. The Morgan fingerprint density at radius 3 is 2.93 bits per heavy atom. The normalized spacial score (nSPS) is 26.6. The summed E-state index contributed by atoms with van der Waals surface area (Å²) in [5.41, 5.74) is 1.34. The van der Waals surface area contributed by atoms with E-state index < -0.39 is 0 Å². The van der Waals surface area contributed by atoms with Gasteiger partial charge in [-0.05, 0) is 37.3 Å². The summed E-state index contributed by atoms with van der Waals surface area (Å²) in [6, 6.07) is 2.14. The van der Waals surface area contributed by atoms with E-state index in [4.69, 9.17) is 0 Å². The van der Waals surface area contributed by atoms with E-state index in [1.807, 2.05) is 0 Å². The van der Waals surface area contributed by atoms with Gasteiger partial charge in [0.25, 0.3) is 0 Å². The minimum absolute atomic E-state index is 0.00725. The molecule has 1 saturated heterocycles. The maximum atomic E-state index is 11.2. The minimum atomic E-state index is -0.00725. The summed E-state index contributed by atoms with van der Waals surface area (Å²) in [6.07, 6.45) is 2.62. The van der Waals surface area contributed by atoms with Gasteiger partial charge >= 0.3 is 0 Å². The van der Waals surface area contributed by atoms with Crippen LogP contribution in [0.5, 0.6) is 0 Å². The topological polar surface area (TPSA) is 29.1 Å². The highest BCUT2D eigenvalue weighted by molar-refractivity contribution is 7.10. The largest absolute Gasteiger partial charge is 0.351 e. The molecule has 1 aromatic heterocycles. The molecule has 0 radical (unpaired) electrons. The van der Waals surface area contributed by atoms with Crippen molar-refractivity contribution in [2.24, 2.45) is 0 Å². The number of nitrogens with one attached hydrogen (secondary N) is 1. The molecule has 2 nitrogen and oxygen atoms in total. The molecule has 14 heavy (non-hydrogen) atoms. The molecule has 2 heterocycles. The van der Waals surface area contributed by atoms with E-state index in [-0.39, 0.29) is 11.4 Å². The Morgan fingerprint density at radius 1 is 1.64 bits per heavy atom. The third kappa shape index (κ3) is 1.82. The van der Waals surface area contributed by atoms with Crippen LogP contribution in [0.15, 0.2) is 11.4 Å². The molecule has 1 aromatic rings. The van der Waals surface area contributed by atoms with Gasteiger partial charge in [-0.1, -0.05) is 0 Å². The van der Waals surface area contributed by atoms with Crippen LogP contribution in [0.25, 0.3) is 0 Å². The van der Waals surface area contributed by atoms with Crippen molar-refractivity contribution in [3.05, 3.63) is 21.9 Å². The molecule has 1 N–H and O–H groups in total. The number of amides is 1. The molecule has 0 bridgehead atoms. The van der Waals surface area contributed by atoms with Crippen molar-refractivity contribution in [1.82, 2.24) is 5.32 Å². The van der Waals surface area contributed by atoms with Gasteiger partial charge in [0.05, 0.1) is 0 Å². The molecule has 0 spiro atoms. The highest BCUT2D eigenvalue weighted by atomic mass is 32.1. The Balaban J connectivity index is 2.11. The van der Waals surface area contributed by atoms with Crippen molar-refractivity contribution >= 4 is 17.2 Å². The maximum Gasteiger partial charge on any atom is 0.220 e. The zero-order valence-corrected chi connectivity index (χ0v) is 9.41. The lowest BCUT2D eigenvalue weighted by Gasteiger charge is -2.23. The third-order valence-corrected chi connectivity index (χ3v) is 3.89. The molecule has 1 fully saturated rings. The van der Waals surface area contributed by atoms with Gasteiger partial charge in [-0.15, -0.1) is 11.3 Å². The maximum absolute atomic E-state index is 11.2. The summed E-state index contributed by atoms with van der Waals surface area (Å²) in [7, 11) is 0. The molecule has 1 aliphatic heterocycles. The standard InChI is InChI=1S/C11H15NOS/c1-8-4-6-14-9(8)7-11(2)5-3-10(13)12-11/h4,6H,3,5,7H2,1-2H3,(H,12,13). The number of hydrogen-bond acceptors (Lipinski definition) is 2. The van der Waals surface area contributed by atoms with Crippen LogP contribution in [0.1, 0.15) is 30.2 Å². The number of hydrogen-bond donors (Lipinski definition) is 1. The van der Waals surface area contributed by atoms with Crippen molar-refractivity contribution in [2.45, 2.75) is 38.6 Å². The second-order valence-electron chi connectivity index (χ2n) is 4.31. The first kappa shape index (κ1) is 9.71. The van der Waals surface area contributed by atoms with Crippen LogP contribution in [0.2, 0.25) is 0 Å². The van der Waals surface area contributed by atoms with Gasteiger partial charge in [0.1, 0.15) is 0 Å². The fourth-order valence-corrected chi connectivity index (χ4v) is 3.02. The van der Waals surface area contributed by atoms with Crippen molar-refractivity contribution < 1.29 is 4.79 Å². The Kier molecular flexibility index (Phi) is 2.35. The van der Waals surface area contributed by atoms with E-state index in [0.717, 1.165) is 12.8 Å². The van der Waals surface area contributed by atoms with Gasteiger partial charge in [0.15, 0.2) is 0 Å². The second-order valence-corrected chi connectivity index (χ2v) is 5.31. The van der Waals surface area contributed by atoms with Crippen molar-refractivity contribution in [3.63, 3.8) is 0 Å². The van der Waals surface area contributed by atoms with Crippen LogP contribution in [-0.2, 0) is 11.2 Å². The molecule has 76 valence electrons. The lowest BCUT2D eigenvalue weighted by Crippen LogP contribution is -2.40. The van der Waals surface area contributed by atoms with E-state index in [2.05, 4.69) is 30.6 Å². The molecule has 0 aliphatic carbocycles. The first-order valence-corrected chi connectivity index (χ1v) is 5.81. The molecule has 1 unspecified atom stereocenters. The van der Waals surface area contributed by atoms with Crippen LogP contribution < -0.4 is 5.32 Å². The van der Waals surface area contributed by atoms with Crippen molar-refractivity contribution in [2.75, 3.05) is 0 Å². The van der Waals surface area contributed by atoms with Gasteiger partial charge in [-0.25, -0.2) is 0 Å². The number of aryl methyl sites for hydroxylation is 1. The van der Waals surface area contributed by atoms with Gasteiger partial charge in [-0.2, -0.15) is 0 Å². The quantitative estimate of drug-likeness (QED) is 0.795. The smallest absolute Gasteiger partial charge is 0.220 e. The van der Waals surface area contributed by atoms with Gasteiger partial charge in [-0.3, -0.25) is 4.79 Å². The van der Waals surface area contributed by atoms with Crippen molar-refractivity contribution in [3.8, 4) is 0 Å². The molecule has 1 aliphatic rings. The molecule has 1 amide bonds. The zero-order valence-electron chi connectivity index (χ0n) is 8.59. The monoisotopic (exact) mass is 209 g/mol. The molecule has 1 atom stereocenters. The van der Waals surface area contributed by atoms with Crippen LogP contribution in [0.3, 0.4) is 0 Å². The fraction of sp³-hybridized carbons (Fsp3) is 0.545. The summed E-state index contributed by atoms with van der Waals surface area (Å²) in [5.74, 6) is 0.196. The van der Waals surface area contributed by atoms with Crippen LogP contribution in [0, 0.1) is 6.92 Å². The highest BCUT2D eigenvalue weighted by Gasteiger charge is 2.33.